The first-order valence-electron chi connectivity index (χ1n) is 7.51. The van der Waals surface area contributed by atoms with Crippen LogP contribution in [0.25, 0.3) is 32.6 Å². The number of phenols is 1. The van der Waals surface area contributed by atoms with Gasteiger partial charge in [0.1, 0.15) is 12.8 Å². The van der Waals surface area contributed by atoms with Crippen molar-refractivity contribution in [2.24, 2.45) is 7.05 Å². The molecule has 2 heterocycles. The molecule has 110 valence electrons. The highest BCUT2D eigenvalue weighted by Crippen LogP contribution is 2.37. The van der Waals surface area contributed by atoms with Crippen molar-refractivity contribution in [1.29, 1.82) is 0 Å². The molecule has 0 aliphatic carbocycles. The van der Waals surface area contributed by atoms with E-state index in [1.165, 1.54) is 38.5 Å². The number of fused-ring (bicyclic) bond motifs is 4. The van der Waals surface area contributed by atoms with Crippen LogP contribution in [0.2, 0.25) is 0 Å². The third kappa shape index (κ3) is 1.54. The Morgan fingerprint density at radius 3 is 2.50 bits per heavy atom. The Hall–Kier alpha value is -2.55. The quantitative estimate of drug-likeness (QED) is 0.473. The van der Waals surface area contributed by atoms with E-state index in [0.29, 0.717) is 5.75 Å². The topological polar surface area (TPSA) is 39.9 Å². The van der Waals surface area contributed by atoms with Crippen LogP contribution in [0, 0.1) is 20.8 Å². The molecule has 0 atom stereocenters. The summed E-state index contributed by atoms with van der Waals surface area (Å²) in [5.41, 5.74) is 6.01. The molecule has 0 aliphatic rings. The van der Waals surface area contributed by atoms with Gasteiger partial charge in [-0.15, -0.1) is 0 Å². The molecule has 0 bridgehead atoms. The zero-order valence-corrected chi connectivity index (χ0v) is 13.3. The second kappa shape index (κ2) is 4.23. The molecule has 0 aliphatic heterocycles. The Labute approximate surface area is 128 Å². The molecule has 22 heavy (non-hydrogen) atoms. The molecule has 0 unspecified atom stereocenters. The molecule has 0 spiro atoms. The van der Waals surface area contributed by atoms with E-state index >= 15 is 0 Å². The Morgan fingerprint density at radius 2 is 1.73 bits per heavy atom. The van der Waals surface area contributed by atoms with Gasteiger partial charge in [-0.05, 0) is 48.6 Å². The number of aromatic hydroxyl groups is 1. The number of hydrogen-bond acceptors (Lipinski definition) is 1. The maximum Gasteiger partial charge on any atom is 0.186 e. The van der Waals surface area contributed by atoms with Crippen LogP contribution in [0.15, 0.2) is 30.5 Å². The van der Waals surface area contributed by atoms with Gasteiger partial charge in [-0.3, -0.25) is 0 Å². The highest BCUT2D eigenvalue weighted by molar-refractivity contribution is 6.16. The van der Waals surface area contributed by atoms with Gasteiger partial charge in [0.25, 0.3) is 0 Å². The number of benzene rings is 2. The molecule has 0 amide bonds. The average molecular weight is 291 g/mol. The largest absolute Gasteiger partial charge is 0.508 e. The minimum absolute atomic E-state index is 0.306. The Kier molecular flexibility index (Phi) is 2.52. The highest BCUT2D eigenvalue weighted by Gasteiger charge is 2.18. The summed E-state index contributed by atoms with van der Waals surface area (Å²) in [5, 5.41) is 14.8. The second-order valence-corrected chi connectivity index (χ2v) is 6.16. The molecular weight excluding hydrogens is 272 g/mol. The number of aromatic amines is 1. The summed E-state index contributed by atoms with van der Waals surface area (Å²) in [5.74, 6) is 0.306. The van der Waals surface area contributed by atoms with E-state index in [4.69, 9.17) is 0 Å². The van der Waals surface area contributed by atoms with E-state index in [1.807, 2.05) is 12.1 Å². The third-order valence-electron chi connectivity index (χ3n) is 4.94. The smallest absolute Gasteiger partial charge is 0.186 e. The molecular formula is C19H19N2O+. The highest BCUT2D eigenvalue weighted by atomic mass is 16.3. The van der Waals surface area contributed by atoms with Gasteiger partial charge >= 0.3 is 0 Å². The molecule has 0 fully saturated rings. The van der Waals surface area contributed by atoms with E-state index in [2.05, 4.69) is 49.6 Å². The predicted octanol–water partition coefficient (Wildman–Crippen LogP) is 3.93. The number of nitrogens with one attached hydrogen (secondary N) is 1. The maximum absolute atomic E-state index is 9.86. The van der Waals surface area contributed by atoms with Crippen molar-refractivity contribution in [2.45, 2.75) is 20.8 Å². The Bertz CT molecular complexity index is 1070. The number of rotatable bonds is 0. The van der Waals surface area contributed by atoms with Gasteiger partial charge in [0.15, 0.2) is 11.9 Å². The van der Waals surface area contributed by atoms with E-state index in [9.17, 15) is 5.11 Å². The Morgan fingerprint density at radius 1 is 0.955 bits per heavy atom. The van der Waals surface area contributed by atoms with Crippen LogP contribution in [-0.2, 0) is 7.05 Å². The van der Waals surface area contributed by atoms with E-state index < -0.39 is 0 Å². The first-order chi connectivity index (χ1) is 10.5. The van der Waals surface area contributed by atoms with Crippen LogP contribution in [0.1, 0.15) is 16.8 Å². The van der Waals surface area contributed by atoms with Crippen LogP contribution in [-0.4, -0.2) is 10.1 Å². The fourth-order valence-electron chi connectivity index (χ4n) is 3.65. The lowest BCUT2D eigenvalue weighted by Gasteiger charge is -2.10. The molecule has 0 radical (unpaired) electrons. The van der Waals surface area contributed by atoms with Crippen LogP contribution in [0.4, 0.5) is 0 Å². The molecule has 4 rings (SSSR count). The summed E-state index contributed by atoms with van der Waals surface area (Å²) in [6.45, 7) is 6.50. The molecule has 3 heteroatoms. The van der Waals surface area contributed by atoms with Gasteiger partial charge < -0.3 is 10.1 Å². The van der Waals surface area contributed by atoms with Crippen LogP contribution in [0.5, 0.6) is 5.75 Å². The summed E-state index contributed by atoms with van der Waals surface area (Å²) in [7, 11) is 2.08. The lowest BCUT2D eigenvalue weighted by atomic mass is 9.95. The SMILES string of the molecule is Cc1c2cc[n+](C)c(C)c2c(C)c2c1[nH]c1ccc(O)cc12. The lowest BCUT2D eigenvalue weighted by Crippen LogP contribution is -2.31. The molecule has 4 aromatic rings. The van der Waals surface area contributed by atoms with Gasteiger partial charge in [-0.2, -0.15) is 0 Å². The number of phenolic OH excluding ortho intramolecular Hbond substituents is 1. The van der Waals surface area contributed by atoms with Gasteiger partial charge in [0.2, 0.25) is 0 Å². The van der Waals surface area contributed by atoms with E-state index in [1.54, 1.807) is 6.07 Å². The van der Waals surface area contributed by atoms with Crippen molar-refractivity contribution in [3.8, 4) is 5.75 Å². The average Bonchev–Trinajstić information content (AvgIpc) is 2.86. The molecule has 3 nitrogen and oxygen atoms in total. The molecule has 2 N–H and O–H groups in total. The summed E-state index contributed by atoms with van der Waals surface area (Å²) in [6.07, 6.45) is 2.12. The van der Waals surface area contributed by atoms with Gasteiger partial charge in [-0.25, -0.2) is 4.57 Å². The maximum atomic E-state index is 9.86. The third-order valence-corrected chi connectivity index (χ3v) is 4.94. The van der Waals surface area contributed by atoms with Crippen molar-refractivity contribution in [2.75, 3.05) is 0 Å². The first kappa shape index (κ1) is 13.1. The Balaban J connectivity index is 2.36. The first-order valence-corrected chi connectivity index (χ1v) is 7.51. The van der Waals surface area contributed by atoms with Crippen molar-refractivity contribution >= 4 is 32.6 Å². The molecule has 0 saturated heterocycles. The number of aromatic nitrogens is 2. The number of aryl methyl sites for hydroxylation is 4. The number of pyridine rings is 1. The molecule has 2 aromatic heterocycles. The predicted molar refractivity (Wildman–Crippen MR) is 90.4 cm³/mol. The van der Waals surface area contributed by atoms with Crippen molar-refractivity contribution < 1.29 is 9.67 Å². The number of nitrogens with zero attached hydrogens (tertiary/aromatic N) is 1. The van der Waals surface area contributed by atoms with Crippen molar-refractivity contribution in [1.82, 2.24) is 4.98 Å². The van der Waals surface area contributed by atoms with E-state index in [-0.39, 0.29) is 0 Å². The van der Waals surface area contributed by atoms with Crippen molar-refractivity contribution in [3.63, 3.8) is 0 Å². The molecule has 0 saturated carbocycles. The van der Waals surface area contributed by atoms with Crippen LogP contribution in [0.3, 0.4) is 0 Å². The minimum atomic E-state index is 0.306. The van der Waals surface area contributed by atoms with Crippen LogP contribution < -0.4 is 4.57 Å². The summed E-state index contributed by atoms with van der Waals surface area (Å²) >= 11 is 0. The lowest BCUT2D eigenvalue weighted by molar-refractivity contribution is -0.676. The van der Waals surface area contributed by atoms with Gasteiger partial charge in [-0.1, -0.05) is 0 Å². The second-order valence-electron chi connectivity index (χ2n) is 6.16. The summed E-state index contributed by atoms with van der Waals surface area (Å²) in [4.78, 5) is 3.52. The molecule has 2 aromatic carbocycles. The number of H-pyrrole nitrogens is 1. The zero-order valence-electron chi connectivity index (χ0n) is 13.3. The van der Waals surface area contributed by atoms with E-state index in [0.717, 1.165) is 10.9 Å². The van der Waals surface area contributed by atoms with Gasteiger partial charge in [0.05, 0.1) is 10.9 Å². The van der Waals surface area contributed by atoms with Crippen LogP contribution >= 0.6 is 0 Å². The zero-order chi connectivity index (χ0) is 15.6. The standard InChI is InChI=1S/C19H18N2O/c1-10-14-7-8-21(4)12(3)17(14)11(2)18-15-9-13(22)5-6-16(15)20-19(10)18/h5-9,22H,1-4H3/p+1. The number of hydrogen-bond donors (Lipinski definition) is 2. The normalized spacial score (nSPS) is 11.8. The van der Waals surface area contributed by atoms with Crippen molar-refractivity contribution in [3.05, 3.63) is 47.3 Å². The minimum Gasteiger partial charge on any atom is -0.508 e. The fourth-order valence-corrected chi connectivity index (χ4v) is 3.65. The summed E-state index contributed by atoms with van der Waals surface area (Å²) in [6, 6.07) is 7.71. The monoisotopic (exact) mass is 291 g/mol. The fraction of sp³-hybridized carbons (Fsp3) is 0.211. The van der Waals surface area contributed by atoms with Gasteiger partial charge in [0, 0.05) is 29.3 Å². The summed E-state index contributed by atoms with van der Waals surface area (Å²) < 4.78 is 2.16.